The summed E-state index contributed by atoms with van der Waals surface area (Å²) in [4.78, 5) is 0. The van der Waals surface area contributed by atoms with Gasteiger partial charge in [-0.15, -0.1) is 0 Å². The van der Waals surface area contributed by atoms with Crippen molar-refractivity contribution in [2.75, 3.05) is 0 Å². The van der Waals surface area contributed by atoms with E-state index in [9.17, 15) is 43.9 Å². The van der Waals surface area contributed by atoms with Crippen molar-refractivity contribution >= 4 is 0 Å². The van der Waals surface area contributed by atoms with Gasteiger partial charge >= 0.3 is 12.2 Å². The number of rotatable bonds is 10. The smallest absolute Gasteiger partial charge is 0.432 e. The molecule has 0 heterocycles. The minimum absolute atomic E-state index is 0.0579. The van der Waals surface area contributed by atoms with Crippen LogP contribution in [0, 0.1) is 52.8 Å². The predicted molar refractivity (Wildman–Crippen MR) is 145 cm³/mol. The molecule has 0 radical (unpaired) electrons. The predicted octanol–water partition coefficient (Wildman–Crippen LogP) is 10.2. The van der Waals surface area contributed by atoms with E-state index in [2.05, 4.69) is 21.3 Å². The highest BCUT2D eigenvalue weighted by atomic mass is 19.3. The number of ether oxygens (including phenoxy) is 2. The Bertz CT molecular complexity index is 1500. The summed E-state index contributed by atoms with van der Waals surface area (Å²) in [5.41, 5.74) is -1.93. The molecule has 3 atom stereocenters. The van der Waals surface area contributed by atoms with Gasteiger partial charge in [0.15, 0.2) is 17.5 Å². The molecule has 242 valence electrons. The van der Waals surface area contributed by atoms with Crippen molar-refractivity contribution < 1.29 is 53.4 Å². The molecule has 3 unspecified atom stereocenters. The van der Waals surface area contributed by atoms with E-state index in [1.165, 1.54) is 0 Å². The second kappa shape index (κ2) is 14.0. The molecule has 0 amide bonds. The molecule has 0 saturated heterocycles. The molecule has 12 heteroatoms. The Balaban J connectivity index is 1.42. The van der Waals surface area contributed by atoms with Crippen LogP contribution in [0.2, 0.25) is 0 Å². The molecule has 0 bridgehead atoms. The van der Waals surface area contributed by atoms with E-state index in [0.29, 0.717) is 25.0 Å². The number of alkyl halides is 5. The van der Waals surface area contributed by atoms with Crippen LogP contribution < -0.4 is 9.47 Å². The molecule has 0 spiro atoms. The van der Waals surface area contributed by atoms with Crippen LogP contribution in [-0.4, -0.2) is 12.3 Å². The molecule has 3 aromatic carbocycles. The Morgan fingerprint density at radius 3 is 1.91 bits per heavy atom. The monoisotopic (exact) mass is 646 g/mol. The van der Waals surface area contributed by atoms with E-state index < -0.39 is 70.5 Å². The van der Waals surface area contributed by atoms with Gasteiger partial charge in [0.2, 0.25) is 0 Å². The number of unbranched alkanes of at least 4 members (excludes halogenated alkanes) is 2. The summed E-state index contributed by atoms with van der Waals surface area (Å²) in [6, 6.07) is 5.83. The minimum Gasteiger partial charge on any atom is -0.432 e. The maximum Gasteiger partial charge on any atom is 0.432 e. The Kier molecular flexibility index (Phi) is 10.6. The average Bonchev–Trinajstić information content (AvgIpc) is 2.94. The topological polar surface area (TPSA) is 18.5 Å². The van der Waals surface area contributed by atoms with Gasteiger partial charge in [0, 0.05) is 23.3 Å². The van der Waals surface area contributed by atoms with Crippen LogP contribution >= 0.6 is 0 Å². The third-order valence-corrected chi connectivity index (χ3v) is 7.52. The second-order valence-corrected chi connectivity index (χ2v) is 10.9. The first-order valence-corrected chi connectivity index (χ1v) is 14.2. The van der Waals surface area contributed by atoms with E-state index in [-0.39, 0.29) is 42.0 Å². The molecule has 0 N–H and O–H groups in total. The summed E-state index contributed by atoms with van der Waals surface area (Å²) < 4.78 is 152. The van der Waals surface area contributed by atoms with Crippen LogP contribution in [0.1, 0.15) is 68.6 Å². The number of hydrogen-bond acceptors (Lipinski definition) is 2. The van der Waals surface area contributed by atoms with Gasteiger partial charge in [-0.05, 0) is 61.6 Å². The van der Waals surface area contributed by atoms with Crippen molar-refractivity contribution in [2.45, 2.75) is 70.3 Å². The van der Waals surface area contributed by atoms with Gasteiger partial charge in [0.1, 0.15) is 34.9 Å². The maximum atomic E-state index is 14.9. The van der Waals surface area contributed by atoms with Gasteiger partial charge in [-0.3, -0.25) is 0 Å². The second-order valence-electron chi connectivity index (χ2n) is 10.9. The van der Waals surface area contributed by atoms with Gasteiger partial charge in [0.05, 0.1) is 5.92 Å². The van der Waals surface area contributed by atoms with Crippen molar-refractivity contribution in [1.82, 2.24) is 0 Å². The lowest BCUT2D eigenvalue weighted by atomic mass is 9.78. The third-order valence-electron chi connectivity index (χ3n) is 7.52. The summed E-state index contributed by atoms with van der Waals surface area (Å²) in [6.45, 7) is 2.01. The zero-order chi connectivity index (χ0) is 32.9. The molecule has 2 nitrogen and oxygen atoms in total. The molecule has 0 aliphatic heterocycles. The van der Waals surface area contributed by atoms with Crippen molar-refractivity contribution in [2.24, 2.45) is 11.8 Å². The van der Waals surface area contributed by atoms with Crippen LogP contribution in [0.4, 0.5) is 43.9 Å². The van der Waals surface area contributed by atoms with E-state index in [1.807, 2.05) is 6.92 Å². The molecular formula is C33H28F10O2. The highest BCUT2D eigenvalue weighted by Crippen LogP contribution is 2.44. The quantitative estimate of drug-likeness (QED) is 0.0945. The molecule has 1 fully saturated rings. The summed E-state index contributed by atoms with van der Waals surface area (Å²) in [6.07, 6.45) is -7.19. The normalized spacial score (nSPS) is 18.7. The summed E-state index contributed by atoms with van der Waals surface area (Å²) in [7, 11) is 0. The summed E-state index contributed by atoms with van der Waals surface area (Å²) >= 11 is 0. The molecule has 1 aliphatic rings. The lowest BCUT2D eigenvalue weighted by Crippen LogP contribution is -2.43. The van der Waals surface area contributed by atoms with E-state index in [0.717, 1.165) is 43.5 Å². The Labute approximate surface area is 253 Å². The van der Waals surface area contributed by atoms with Gasteiger partial charge in [-0.25, -0.2) is 26.3 Å². The van der Waals surface area contributed by atoms with Crippen molar-refractivity contribution in [1.29, 1.82) is 0 Å². The fourth-order valence-corrected chi connectivity index (χ4v) is 5.22. The molecule has 1 saturated carbocycles. The van der Waals surface area contributed by atoms with Crippen LogP contribution in [0.15, 0.2) is 48.5 Å². The van der Waals surface area contributed by atoms with Crippen LogP contribution in [0.25, 0.3) is 0 Å². The molecule has 0 aromatic heterocycles. The molecule has 4 rings (SSSR count). The number of benzene rings is 3. The standard InChI is InChI=1S/C33H28F10O2/c1-2-3-4-5-20-10-13-24(25(34)14-20)32(40,41)45-23-17-26(35)30(27(36)18-23)33(42,43)44-22-11-8-19(9-12-22)6-7-21-15-28(37)31(39)29(38)16-21/h8-9,11-12,15-18,20,24-25H,2-5,10,13-14H2,1H3. The molecule has 3 aromatic rings. The molecule has 45 heavy (non-hydrogen) atoms. The Hall–Kier alpha value is -3.88. The van der Waals surface area contributed by atoms with E-state index >= 15 is 0 Å². The average molecular weight is 647 g/mol. The largest absolute Gasteiger partial charge is 0.432 e. The first kappa shape index (κ1) is 34.0. The first-order valence-electron chi connectivity index (χ1n) is 14.2. The Morgan fingerprint density at radius 1 is 0.733 bits per heavy atom. The van der Waals surface area contributed by atoms with Crippen molar-refractivity contribution in [3.05, 3.63) is 94.3 Å². The highest BCUT2D eigenvalue weighted by molar-refractivity contribution is 5.45. The zero-order valence-corrected chi connectivity index (χ0v) is 23.9. The fourth-order valence-electron chi connectivity index (χ4n) is 5.22. The fraction of sp³-hybridized carbons (Fsp3) is 0.394. The zero-order valence-electron chi connectivity index (χ0n) is 23.9. The van der Waals surface area contributed by atoms with Gasteiger partial charge in [-0.2, -0.15) is 17.6 Å². The van der Waals surface area contributed by atoms with Crippen LogP contribution in [-0.2, 0) is 6.11 Å². The SMILES string of the molecule is CCCCCC1CCC(C(F)(F)Oc2cc(F)c(C(F)(F)Oc3ccc(C#Cc4cc(F)c(F)c(F)c4)cc3)c(F)c2)C(F)C1. The third kappa shape index (κ3) is 8.44. The Morgan fingerprint density at radius 2 is 1.33 bits per heavy atom. The highest BCUT2D eigenvalue weighted by Gasteiger charge is 2.50. The van der Waals surface area contributed by atoms with Gasteiger partial charge in [-0.1, -0.05) is 44.4 Å². The van der Waals surface area contributed by atoms with Crippen molar-refractivity contribution in [3.8, 4) is 23.3 Å². The molecular weight excluding hydrogens is 618 g/mol. The maximum absolute atomic E-state index is 14.9. The first-order chi connectivity index (χ1) is 21.2. The minimum atomic E-state index is -4.62. The van der Waals surface area contributed by atoms with Crippen LogP contribution in [0.3, 0.4) is 0 Å². The summed E-state index contributed by atoms with van der Waals surface area (Å²) in [5, 5.41) is 0. The van der Waals surface area contributed by atoms with E-state index in [1.54, 1.807) is 0 Å². The van der Waals surface area contributed by atoms with Gasteiger partial charge < -0.3 is 9.47 Å². The lowest BCUT2D eigenvalue weighted by Gasteiger charge is -2.35. The number of halogens is 10. The number of hydrogen-bond donors (Lipinski definition) is 0. The van der Waals surface area contributed by atoms with Gasteiger partial charge in [0.25, 0.3) is 0 Å². The van der Waals surface area contributed by atoms with Crippen LogP contribution in [0.5, 0.6) is 11.5 Å². The van der Waals surface area contributed by atoms with E-state index in [4.69, 9.17) is 0 Å². The summed E-state index contributed by atoms with van der Waals surface area (Å²) in [5.74, 6) is -7.24. The lowest BCUT2D eigenvalue weighted by molar-refractivity contribution is -0.237. The molecule has 1 aliphatic carbocycles. The van der Waals surface area contributed by atoms with Crippen molar-refractivity contribution in [3.63, 3.8) is 0 Å².